The monoisotopic (exact) mass is 441 g/mol. The van der Waals surface area contributed by atoms with Gasteiger partial charge in [0.05, 0.1) is 12.7 Å². The molecule has 1 saturated carbocycles. The van der Waals surface area contributed by atoms with Gasteiger partial charge in [0.15, 0.2) is 0 Å². The number of amides is 2. The summed E-state index contributed by atoms with van der Waals surface area (Å²) in [4.78, 5) is 26.5. The van der Waals surface area contributed by atoms with Gasteiger partial charge in [-0.3, -0.25) is 9.69 Å². The molecule has 0 bridgehead atoms. The molecule has 2 aliphatic rings. The minimum atomic E-state index is -4.33. The van der Waals surface area contributed by atoms with Crippen LogP contribution in [0.3, 0.4) is 0 Å². The fraction of sp³-hybridized carbons (Fsp3) is 0.636. The van der Waals surface area contributed by atoms with Gasteiger partial charge >= 0.3 is 12.3 Å². The minimum Gasteiger partial charge on any atom is -0.453 e. The average Bonchev–Trinajstić information content (AvgIpc) is 3.28. The molecule has 1 aliphatic carbocycles. The standard InChI is InChI=1S/C22H30F3N3O3/c1-3-4-19(27-21(30)31-2)20(29)26-18-10-7-15-12-28(13-17(15)18)11-14-5-8-16(9-6-14)22(23,24)25/h5-6,8-9,15,17-19H,3-4,7,10-13H2,1-2H3,(H,26,29)(H,27,30)/t15-,17+,18+,19+/m1/s1. The van der Waals surface area contributed by atoms with Crippen molar-refractivity contribution in [3.05, 3.63) is 35.4 Å². The molecule has 31 heavy (non-hydrogen) atoms. The van der Waals surface area contributed by atoms with Crippen LogP contribution in [0, 0.1) is 11.8 Å². The number of rotatable bonds is 7. The number of likely N-dealkylation sites (tertiary alicyclic amines) is 1. The van der Waals surface area contributed by atoms with Crippen LogP contribution in [0.4, 0.5) is 18.0 Å². The SMILES string of the molecule is CCC[C@H](NC(=O)OC)C(=O)N[C@H]1CC[C@@H]2CN(Cc3ccc(C(F)(F)F)cc3)C[C@@H]21. The second kappa shape index (κ2) is 9.89. The number of methoxy groups -OCH3 is 1. The van der Waals surface area contributed by atoms with E-state index >= 15 is 0 Å². The Balaban J connectivity index is 1.55. The number of halogens is 3. The van der Waals surface area contributed by atoms with Gasteiger partial charge in [-0.25, -0.2) is 4.79 Å². The maximum absolute atomic E-state index is 12.7. The lowest BCUT2D eigenvalue weighted by molar-refractivity contribution is -0.137. The Labute approximate surface area is 180 Å². The van der Waals surface area contributed by atoms with Crippen molar-refractivity contribution in [2.24, 2.45) is 11.8 Å². The molecule has 0 radical (unpaired) electrons. The third-order valence-electron chi connectivity index (χ3n) is 6.32. The molecule has 2 N–H and O–H groups in total. The summed E-state index contributed by atoms with van der Waals surface area (Å²) in [6.07, 6.45) is -1.77. The Morgan fingerprint density at radius 3 is 2.52 bits per heavy atom. The van der Waals surface area contributed by atoms with E-state index in [1.165, 1.54) is 19.2 Å². The summed E-state index contributed by atoms with van der Waals surface area (Å²) in [7, 11) is 1.27. The van der Waals surface area contributed by atoms with Gasteiger partial charge in [-0.15, -0.1) is 0 Å². The average molecular weight is 441 g/mol. The van der Waals surface area contributed by atoms with Crippen LogP contribution in [0.5, 0.6) is 0 Å². The molecule has 9 heteroatoms. The number of alkyl halides is 3. The Hall–Kier alpha value is -2.29. The zero-order chi connectivity index (χ0) is 22.6. The lowest BCUT2D eigenvalue weighted by Crippen LogP contribution is -2.50. The zero-order valence-electron chi connectivity index (χ0n) is 17.9. The molecule has 2 fully saturated rings. The van der Waals surface area contributed by atoms with E-state index in [2.05, 4.69) is 20.3 Å². The molecule has 0 unspecified atom stereocenters. The van der Waals surface area contributed by atoms with Crippen LogP contribution in [0.25, 0.3) is 0 Å². The molecule has 1 aromatic rings. The highest BCUT2D eigenvalue weighted by molar-refractivity contribution is 5.85. The lowest BCUT2D eigenvalue weighted by atomic mass is 9.97. The van der Waals surface area contributed by atoms with E-state index in [0.29, 0.717) is 24.8 Å². The lowest BCUT2D eigenvalue weighted by Gasteiger charge is -2.25. The van der Waals surface area contributed by atoms with Crippen LogP contribution in [-0.4, -0.2) is 49.2 Å². The number of alkyl carbamates (subject to hydrolysis) is 1. The molecule has 1 saturated heterocycles. The van der Waals surface area contributed by atoms with Crippen LogP contribution >= 0.6 is 0 Å². The highest BCUT2D eigenvalue weighted by Crippen LogP contribution is 2.39. The van der Waals surface area contributed by atoms with Gasteiger partial charge in [0.1, 0.15) is 6.04 Å². The van der Waals surface area contributed by atoms with E-state index in [0.717, 1.165) is 50.0 Å². The van der Waals surface area contributed by atoms with Crippen LogP contribution in [-0.2, 0) is 22.3 Å². The van der Waals surface area contributed by atoms with Crippen molar-refractivity contribution in [1.82, 2.24) is 15.5 Å². The highest BCUT2D eigenvalue weighted by Gasteiger charge is 2.43. The molecule has 1 aromatic carbocycles. The molecule has 2 amide bonds. The number of carbonyl (C=O) groups excluding carboxylic acids is 2. The number of nitrogens with zero attached hydrogens (tertiary/aromatic N) is 1. The summed E-state index contributed by atoms with van der Waals surface area (Å²) in [5.74, 6) is 0.566. The second-order valence-corrected chi connectivity index (χ2v) is 8.48. The predicted octanol–water partition coefficient (Wildman–Crippen LogP) is 3.56. The minimum absolute atomic E-state index is 0.0360. The van der Waals surface area contributed by atoms with Gasteiger partial charge < -0.3 is 15.4 Å². The molecule has 1 aliphatic heterocycles. The second-order valence-electron chi connectivity index (χ2n) is 8.48. The Morgan fingerprint density at radius 2 is 1.90 bits per heavy atom. The summed E-state index contributed by atoms with van der Waals surface area (Å²) in [6, 6.07) is 4.72. The van der Waals surface area contributed by atoms with Gasteiger partial charge in [-0.2, -0.15) is 13.2 Å². The number of benzene rings is 1. The number of hydrogen-bond donors (Lipinski definition) is 2. The first-order valence-electron chi connectivity index (χ1n) is 10.7. The van der Waals surface area contributed by atoms with Gasteiger partial charge in [0.2, 0.25) is 5.91 Å². The van der Waals surface area contributed by atoms with Gasteiger partial charge in [0, 0.05) is 25.7 Å². The van der Waals surface area contributed by atoms with E-state index in [-0.39, 0.29) is 11.9 Å². The van der Waals surface area contributed by atoms with Crippen LogP contribution in [0.2, 0.25) is 0 Å². The number of fused-ring (bicyclic) bond motifs is 1. The molecule has 4 atom stereocenters. The Bertz CT molecular complexity index is 770. The fourth-order valence-corrected chi connectivity index (χ4v) is 4.77. The maximum atomic E-state index is 12.7. The van der Waals surface area contributed by atoms with Gasteiger partial charge in [-0.05, 0) is 48.8 Å². The third-order valence-corrected chi connectivity index (χ3v) is 6.32. The van der Waals surface area contributed by atoms with Crippen LogP contribution in [0.15, 0.2) is 24.3 Å². The molecule has 6 nitrogen and oxygen atoms in total. The first-order chi connectivity index (χ1) is 14.7. The van der Waals surface area contributed by atoms with Crippen molar-refractivity contribution in [3.8, 4) is 0 Å². The van der Waals surface area contributed by atoms with E-state index < -0.39 is 23.9 Å². The largest absolute Gasteiger partial charge is 0.453 e. The summed E-state index contributed by atoms with van der Waals surface area (Å²) < 4.78 is 42.9. The van der Waals surface area contributed by atoms with Crippen molar-refractivity contribution < 1.29 is 27.5 Å². The summed E-state index contributed by atoms with van der Waals surface area (Å²) in [5.41, 5.74) is 0.207. The van der Waals surface area contributed by atoms with Crippen molar-refractivity contribution in [3.63, 3.8) is 0 Å². The van der Waals surface area contributed by atoms with Gasteiger partial charge in [0.25, 0.3) is 0 Å². The molecular formula is C22H30F3N3O3. The number of ether oxygens (including phenoxy) is 1. The maximum Gasteiger partial charge on any atom is 0.416 e. The van der Waals surface area contributed by atoms with Crippen molar-refractivity contribution in [2.45, 2.75) is 57.4 Å². The molecule has 1 heterocycles. The predicted molar refractivity (Wildman–Crippen MR) is 109 cm³/mol. The zero-order valence-corrected chi connectivity index (χ0v) is 17.9. The first-order valence-corrected chi connectivity index (χ1v) is 10.7. The molecule has 3 rings (SSSR count). The third kappa shape index (κ3) is 5.90. The summed E-state index contributed by atoms with van der Waals surface area (Å²) in [6.45, 7) is 4.20. The Kier molecular flexibility index (Phi) is 7.46. The van der Waals surface area contributed by atoms with Crippen LogP contribution in [0.1, 0.15) is 43.7 Å². The van der Waals surface area contributed by atoms with E-state index in [1.807, 2.05) is 6.92 Å². The normalized spacial score (nSPS) is 24.5. The summed E-state index contributed by atoms with van der Waals surface area (Å²) in [5, 5.41) is 5.71. The molecule has 172 valence electrons. The topological polar surface area (TPSA) is 70.7 Å². The van der Waals surface area contributed by atoms with E-state index in [9.17, 15) is 22.8 Å². The van der Waals surface area contributed by atoms with Crippen molar-refractivity contribution in [1.29, 1.82) is 0 Å². The first kappa shape index (κ1) is 23.4. The molecule has 0 aromatic heterocycles. The quantitative estimate of drug-likeness (QED) is 0.679. The number of nitrogens with one attached hydrogen (secondary N) is 2. The molecular weight excluding hydrogens is 411 g/mol. The van der Waals surface area contributed by atoms with Crippen LogP contribution < -0.4 is 10.6 Å². The van der Waals surface area contributed by atoms with Crippen molar-refractivity contribution in [2.75, 3.05) is 20.2 Å². The highest BCUT2D eigenvalue weighted by atomic mass is 19.4. The van der Waals surface area contributed by atoms with Gasteiger partial charge in [-0.1, -0.05) is 25.5 Å². The summed E-state index contributed by atoms with van der Waals surface area (Å²) >= 11 is 0. The van der Waals surface area contributed by atoms with Crippen molar-refractivity contribution >= 4 is 12.0 Å². The van der Waals surface area contributed by atoms with E-state index in [1.54, 1.807) is 0 Å². The Morgan fingerprint density at radius 1 is 1.19 bits per heavy atom. The number of carbonyl (C=O) groups is 2. The smallest absolute Gasteiger partial charge is 0.416 e. The fourth-order valence-electron chi connectivity index (χ4n) is 4.77. The van der Waals surface area contributed by atoms with E-state index in [4.69, 9.17) is 0 Å². The number of hydrogen-bond acceptors (Lipinski definition) is 4. The molecule has 0 spiro atoms.